The van der Waals surface area contributed by atoms with E-state index in [0.29, 0.717) is 23.8 Å². The predicted octanol–water partition coefficient (Wildman–Crippen LogP) is 5.60. The highest BCUT2D eigenvalue weighted by molar-refractivity contribution is 7.12. The lowest BCUT2D eigenvalue weighted by atomic mass is 9.88. The van der Waals surface area contributed by atoms with E-state index in [2.05, 4.69) is 23.5 Å². The molecule has 3 heterocycles. The molecule has 0 bridgehead atoms. The van der Waals surface area contributed by atoms with Gasteiger partial charge in [-0.1, -0.05) is 42.5 Å². The topological polar surface area (TPSA) is 71.8 Å². The summed E-state index contributed by atoms with van der Waals surface area (Å²) in [5.74, 6) is 1.45. The number of amides is 2. The number of hydrogen-bond acceptors (Lipinski definition) is 5. The molecule has 7 heteroatoms. The molecule has 2 aromatic heterocycles. The van der Waals surface area contributed by atoms with Crippen LogP contribution < -0.4 is 10.1 Å². The molecule has 0 radical (unpaired) electrons. The van der Waals surface area contributed by atoms with Crippen LogP contribution in [0.15, 0.2) is 82.6 Å². The summed E-state index contributed by atoms with van der Waals surface area (Å²) in [6, 6.07) is 23.5. The highest BCUT2D eigenvalue weighted by Crippen LogP contribution is 2.38. The van der Waals surface area contributed by atoms with Crippen molar-refractivity contribution >= 4 is 23.2 Å². The second-order valence-corrected chi connectivity index (χ2v) is 10.1. The minimum absolute atomic E-state index is 0.0448. The number of nitrogens with one attached hydrogen (secondary N) is 1. The molecule has 6 nitrogen and oxygen atoms in total. The van der Waals surface area contributed by atoms with Gasteiger partial charge in [0.25, 0.3) is 11.8 Å². The Morgan fingerprint density at radius 3 is 2.67 bits per heavy atom. The molecule has 1 aliphatic heterocycles. The molecule has 182 valence electrons. The summed E-state index contributed by atoms with van der Waals surface area (Å²) >= 11 is 1.47. The van der Waals surface area contributed by atoms with Gasteiger partial charge in [-0.05, 0) is 71.7 Å². The summed E-state index contributed by atoms with van der Waals surface area (Å²) in [6.45, 7) is 0.866. The van der Waals surface area contributed by atoms with Crippen LogP contribution in [-0.4, -0.2) is 29.3 Å². The summed E-state index contributed by atoms with van der Waals surface area (Å²) in [4.78, 5) is 28.4. The third-order valence-electron chi connectivity index (χ3n) is 6.63. The van der Waals surface area contributed by atoms with Gasteiger partial charge in [0.15, 0.2) is 5.76 Å². The smallest absolute Gasteiger partial charge is 0.287 e. The van der Waals surface area contributed by atoms with Gasteiger partial charge in [-0.3, -0.25) is 9.59 Å². The van der Waals surface area contributed by atoms with Crippen LogP contribution in [0.4, 0.5) is 0 Å². The molecule has 2 aromatic carbocycles. The average molecular weight is 499 g/mol. The zero-order valence-corrected chi connectivity index (χ0v) is 20.5. The van der Waals surface area contributed by atoms with Crippen molar-refractivity contribution in [3.63, 3.8) is 0 Å². The van der Waals surface area contributed by atoms with Crippen LogP contribution in [0.2, 0.25) is 0 Å². The number of benzene rings is 2. The first kappa shape index (κ1) is 22.6. The Balaban J connectivity index is 1.24. The Labute approximate surface area is 213 Å². The van der Waals surface area contributed by atoms with E-state index in [0.717, 1.165) is 35.3 Å². The molecule has 6 rings (SSSR count). The Bertz CT molecular complexity index is 1380. The van der Waals surface area contributed by atoms with Gasteiger partial charge in [-0.15, -0.1) is 11.3 Å². The molecule has 1 saturated carbocycles. The number of carbonyl (C=O) groups excluding carboxylic acids is 2. The van der Waals surface area contributed by atoms with E-state index in [1.54, 1.807) is 12.1 Å². The number of nitrogens with zero attached hydrogens (tertiary/aromatic N) is 1. The van der Waals surface area contributed by atoms with Gasteiger partial charge in [0.05, 0.1) is 10.9 Å². The summed E-state index contributed by atoms with van der Waals surface area (Å²) in [5.41, 5.74) is 3.35. The van der Waals surface area contributed by atoms with Gasteiger partial charge in [0.2, 0.25) is 0 Å². The van der Waals surface area contributed by atoms with E-state index in [-0.39, 0.29) is 30.5 Å². The van der Waals surface area contributed by atoms with E-state index in [1.807, 2.05) is 52.7 Å². The van der Waals surface area contributed by atoms with Crippen LogP contribution in [0.3, 0.4) is 0 Å². The molecule has 2 aliphatic rings. The number of fused-ring (bicyclic) bond motifs is 1. The molecular formula is C29H26N2O4S. The van der Waals surface area contributed by atoms with Crippen LogP contribution in [0.1, 0.15) is 61.6 Å². The van der Waals surface area contributed by atoms with E-state index in [9.17, 15) is 9.59 Å². The van der Waals surface area contributed by atoms with Crippen LogP contribution in [0.5, 0.6) is 5.75 Å². The average Bonchev–Trinajstić information content (AvgIpc) is 3.35. The lowest BCUT2D eigenvalue weighted by molar-refractivity contribution is 0.0699. The molecule has 4 aromatic rings. The Kier molecular flexibility index (Phi) is 6.07. The molecule has 1 N–H and O–H groups in total. The number of furan rings is 1. The van der Waals surface area contributed by atoms with Gasteiger partial charge in [0.1, 0.15) is 18.1 Å². The minimum atomic E-state index is -0.200. The molecule has 1 aliphatic carbocycles. The van der Waals surface area contributed by atoms with Crippen molar-refractivity contribution in [1.82, 2.24) is 10.2 Å². The second kappa shape index (κ2) is 9.66. The highest BCUT2D eigenvalue weighted by Gasteiger charge is 2.33. The van der Waals surface area contributed by atoms with Gasteiger partial charge in [-0.25, -0.2) is 0 Å². The molecule has 36 heavy (non-hydrogen) atoms. The minimum Gasteiger partial charge on any atom is -0.486 e. The first-order chi connectivity index (χ1) is 17.7. The van der Waals surface area contributed by atoms with E-state index < -0.39 is 0 Å². The number of rotatable bonds is 7. The third-order valence-corrected chi connectivity index (χ3v) is 7.49. The molecular weight excluding hydrogens is 472 g/mol. The SMILES string of the molecule is O=C(NC1CC1)c1ccc(COc2ccc3c(c2)C(c2ccccc2)N(C(=O)c2cccs2)CC3)o1. The third kappa shape index (κ3) is 4.66. The molecule has 2 amide bonds. The molecule has 1 unspecified atom stereocenters. The fourth-order valence-electron chi connectivity index (χ4n) is 4.65. The quantitative estimate of drug-likeness (QED) is 0.360. The number of thiophene rings is 1. The number of carbonyl (C=O) groups is 2. The second-order valence-electron chi connectivity index (χ2n) is 9.20. The first-order valence-corrected chi connectivity index (χ1v) is 13.1. The summed E-state index contributed by atoms with van der Waals surface area (Å²) < 4.78 is 11.8. The summed E-state index contributed by atoms with van der Waals surface area (Å²) in [5, 5.41) is 4.86. The van der Waals surface area contributed by atoms with Crippen molar-refractivity contribution in [3.05, 3.63) is 111 Å². The van der Waals surface area contributed by atoms with Crippen LogP contribution in [0, 0.1) is 0 Å². The normalized spacial score (nSPS) is 16.9. The van der Waals surface area contributed by atoms with Crippen LogP contribution >= 0.6 is 11.3 Å². The lowest BCUT2D eigenvalue weighted by Gasteiger charge is -2.37. The molecule has 1 atom stereocenters. The fraction of sp³-hybridized carbons (Fsp3) is 0.241. The number of hydrogen-bond donors (Lipinski definition) is 1. The Morgan fingerprint density at radius 2 is 1.89 bits per heavy atom. The monoisotopic (exact) mass is 498 g/mol. The Morgan fingerprint density at radius 1 is 1.03 bits per heavy atom. The first-order valence-electron chi connectivity index (χ1n) is 12.2. The van der Waals surface area contributed by atoms with Crippen molar-refractivity contribution in [1.29, 1.82) is 0 Å². The zero-order valence-electron chi connectivity index (χ0n) is 19.7. The van der Waals surface area contributed by atoms with E-state index >= 15 is 0 Å². The maximum absolute atomic E-state index is 13.4. The largest absolute Gasteiger partial charge is 0.486 e. The van der Waals surface area contributed by atoms with Crippen molar-refractivity contribution in [2.24, 2.45) is 0 Å². The van der Waals surface area contributed by atoms with Crippen LogP contribution in [0.25, 0.3) is 0 Å². The number of ether oxygens (including phenoxy) is 1. The summed E-state index contributed by atoms with van der Waals surface area (Å²) in [6.07, 6.45) is 2.84. The maximum atomic E-state index is 13.4. The molecule has 0 saturated heterocycles. The van der Waals surface area contributed by atoms with Gasteiger partial charge in [0, 0.05) is 12.6 Å². The van der Waals surface area contributed by atoms with Crippen molar-refractivity contribution in [2.45, 2.75) is 38.0 Å². The standard InChI is InChI=1S/C29H26N2O4S/c32-28(30-21-9-10-21)25-13-12-23(35-25)18-34-22-11-8-19-14-15-31(29(33)26-7-4-16-36-26)27(24(19)17-22)20-5-2-1-3-6-20/h1-8,11-13,16-17,21,27H,9-10,14-15,18H2,(H,30,32). The summed E-state index contributed by atoms with van der Waals surface area (Å²) in [7, 11) is 0. The van der Waals surface area contributed by atoms with Gasteiger partial charge in [-0.2, -0.15) is 0 Å². The highest BCUT2D eigenvalue weighted by atomic mass is 32.1. The van der Waals surface area contributed by atoms with Crippen molar-refractivity contribution in [2.75, 3.05) is 6.54 Å². The zero-order chi connectivity index (χ0) is 24.5. The molecule has 0 spiro atoms. The van der Waals surface area contributed by atoms with Crippen LogP contribution in [-0.2, 0) is 13.0 Å². The molecule has 1 fully saturated rings. The van der Waals surface area contributed by atoms with Crippen molar-refractivity contribution < 1.29 is 18.7 Å². The maximum Gasteiger partial charge on any atom is 0.287 e. The fourth-order valence-corrected chi connectivity index (χ4v) is 5.33. The lowest BCUT2D eigenvalue weighted by Crippen LogP contribution is -2.40. The predicted molar refractivity (Wildman–Crippen MR) is 137 cm³/mol. The Hall–Kier alpha value is -3.84. The van der Waals surface area contributed by atoms with Gasteiger partial charge >= 0.3 is 0 Å². The van der Waals surface area contributed by atoms with Gasteiger partial charge < -0.3 is 19.4 Å². The van der Waals surface area contributed by atoms with Crippen molar-refractivity contribution in [3.8, 4) is 5.75 Å². The van der Waals surface area contributed by atoms with E-state index in [1.165, 1.54) is 16.9 Å². The van der Waals surface area contributed by atoms with E-state index in [4.69, 9.17) is 9.15 Å².